The molecule has 0 bridgehead atoms. The first-order valence-corrected chi connectivity index (χ1v) is 4.33. The lowest BCUT2D eigenvalue weighted by atomic mass is 10.5. The van der Waals surface area contributed by atoms with Gasteiger partial charge in [-0.05, 0) is 0 Å². The molecule has 16 heavy (non-hydrogen) atoms. The number of carboxylic acids is 2. The maximum atomic E-state index is 10.9. The van der Waals surface area contributed by atoms with E-state index in [1.807, 2.05) is 0 Å². The first kappa shape index (κ1) is 13.7. The summed E-state index contributed by atoms with van der Waals surface area (Å²) in [4.78, 5) is 31.0. The van der Waals surface area contributed by atoms with Gasteiger partial charge in [-0.2, -0.15) is 0 Å². The summed E-state index contributed by atoms with van der Waals surface area (Å²) in [5.41, 5.74) is 0. The molecule has 88 valence electrons. The summed E-state index contributed by atoms with van der Waals surface area (Å²) in [5.74, 6) is -2.18. The standard InChI is InChI=1S/C9H12N2O5/c12-7(13)3-1-5-10-9(16)11-6-2-4-8(14)15/h1-4H,5-6H2,(H,12,13)(H,14,15)(H2,10,11,16). The van der Waals surface area contributed by atoms with E-state index in [1.165, 1.54) is 12.2 Å². The molecule has 0 aromatic heterocycles. The lowest BCUT2D eigenvalue weighted by molar-refractivity contribution is -0.132. The van der Waals surface area contributed by atoms with Gasteiger partial charge in [-0.25, -0.2) is 14.4 Å². The number of amides is 2. The number of nitrogens with one attached hydrogen (secondary N) is 2. The zero-order valence-corrected chi connectivity index (χ0v) is 8.34. The number of carbonyl (C=O) groups is 3. The van der Waals surface area contributed by atoms with Gasteiger partial charge in [0.1, 0.15) is 0 Å². The van der Waals surface area contributed by atoms with Gasteiger partial charge < -0.3 is 20.8 Å². The van der Waals surface area contributed by atoms with Gasteiger partial charge in [0.05, 0.1) is 0 Å². The van der Waals surface area contributed by atoms with Crippen molar-refractivity contribution in [2.24, 2.45) is 0 Å². The van der Waals surface area contributed by atoms with Gasteiger partial charge in [0, 0.05) is 25.2 Å². The molecule has 0 heterocycles. The van der Waals surface area contributed by atoms with E-state index < -0.39 is 18.0 Å². The summed E-state index contributed by atoms with van der Waals surface area (Å²) in [6, 6.07) is -0.509. The Morgan fingerprint density at radius 3 is 1.56 bits per heavy atom. The van der Waals surface area contributed by atoms with Crippen LogP contribution >= 0.6 is 0 Å². The third-order valence-electron chi connectivity index (χ3n) is 1.28. The van der Waals surface area contributed by atoms with Crippen molar-refractivity contribution in [3.05, 3.63) is 24.3 Å². The molecular formula is C9H12N2O5. The molecule has 0 saturated carbocycles. The third-order valence-corrected chi connectivity index (χ3v) is 1.28. The Labute approximate surface area is 91.5 Å². The summed E-state index contributed by atoms with van der Waals surface area (Å²) in [6.45, 7) is 0.168. The minimum Gasteiger partial charge on any atom is -0.478 e. The molecule has 7 nitrogen and oxygen atoms in total. The van der Waals surface area contributed by atoms with E-state index in [4.69, 9.17) is 10.2 Å². The summed E-state index contributed by atoms with van der Waals surface area (Å²) < 4.78 is 0. The normalized spacial score (nSPS) is 10.5. The number of aliphatic carboxylic acids is 2. The Balaban J connectivity index is 3.60. The number of carbonyl (C=O) groups excluding carboxylic acids is 1. The molecule has 0 fully saturated rings. The molecule has 4 N–H and O–H groups in total. The highest BCUT2D eigenvalue weighted by Gasteiger charge is 1.95. The van der Waals surface area contributed by atoms with E-state index in [0.717, 1.165) is 12.2 Å². The SMILES string of the molecule is O=C(O)C=CCNC(=O)NCC=CC(=O)O. The van der Waals surface area contributed by atoms with Gasteiger partial charge in [0.25, 0.3) is 0 Å². The minimum atomic E-state index is -1.09. The van der Waals surface area contributed by atoms with Crippen LogP contribution in [0.25, 0.3) is 0 Å². The fourth-order valence-electron chi connectivity index (χ4n) is 0.685. The number of rotatable bonds is 6. The predicted octanol–water partition coefficient (Wildman–Crippen LogP) is -0.433. The number of hydrogen-bond acceptors (Lipinski definition) is 3. The highest BCUT2D eigenvalue weighted by molar-refractivity contribution is 5.80. The van der Waals surface area contributed by atoms with Crippen molar-refractivity contribution in [3.63, 3.8) is 0 Å². The largest absolute Gasteiger partial charge is 0.478 e. The molecule has 0 aliphatic carbocycles. The molecule has 0 aromatic carbocycles. The van der Waals surface area contributed by atoms with Crippen LogP contribution in [0, 0.1) is 0 Å². The quantitative estimate of drug-likeness (QED) is 0.460. The maximum Gasteiger partial charge on any atom is 0.328 e. The van der Waals surface area contributed by atoms with Crippen LogP contribution in [0.15, 0.2) is 24.3 Å². The zero-order valence-electron chi connectivity index (χ0n) is 8.34. The van der Waals surface area contributed by atoms with Crippen molar-refractivity contribution in [2.75, 3.05) is 13.1 Å². The topological polar surface area (TPSA) is 116 Å². The summed E-state index contributed by atoms with van der Waals surface area (Å²) in [7, 11) is 0. The van der Waals surface area contributed by atoms with Crippen LogP contribution in [-0.2, 0) is 9.59 Å². The molecule has 2 amide bonds. The number of urea groups is 1. The van der Waals surface area contributed by atoms with E-state index in [1.54, 1.807) is 0 Å². The predicted molar refractivity (Wildman–Crippen MR) is 55.0 cm³/mol. The lowest BCUT2D eigenvalue weighted by Gasteiger charge is -2.01. The van der Waals surface area contributed by atoms with Crippen LogP contribution in [0.1, 0.15) is 0 Å². The van der Waals surface area contributed by atoms with Gasteiger partial charge in [-0.3, -0.25) is 0 Å². The van der Waals surface area contributed by atoms with Crippen molar-refractivity contribution >= 4 is 18.0 Å². The lowest BCUT2D eigenvalue weighted by Crippen LogP contribution is -2.35. The molecule has 0 spiro atoms. The van der Waals surface area contributed by atoms with E-state index in [2.05, 4.69) is 10.6 Å². The summed E-state index contributed by atoms with van der Waals surface area (Å²) in [6.07, 6.45) is 4.36. The first-order valence-electron chi connectivity index (χ1n) is 4.33. The average Bonchev–Trinajstić information content (AvgIpc) is 2.19. The Bertz CT molecular complexity index is 292. The molecule has 0 aliphatic heterocycles. The summed E-state index contributed by atoms with van der Waals surface area (Å²) in [5, 5.41) is 21.1. The summed E-state index contributed by atoms with van der Waals surface area (Å²) >= 11 is 0. The van der Waals surface area contributed by atoms with Gasteiger partial charge in [-0.15, -0.1) is 0 Å². The second-order valence-corrected chi connectivity index (χ2v) is 2.57. The van der Waals surface area contributed by atoms with Crippen LogP contribution in [0.2, 0.25) is 0 Å². The third kappa shape index (κ3) is 9.78. The number of carboxylic acid groups (broad SMARTS) is 2. The second kappa shape index (κ2) is 8.04. The van der Waals surface area contributed by atoms with E-state index in [-0.39, 0.29) is 13.1 Å². The number of hydrogen-bond donors (Lipinski definition) is 4. The van der Waals surface area contributed by atoms with Gasteiger partial charge in [0.2, 0.25) is 0 Å². The van der Waals surface area contributed by atoms with Crippen molar-refractivity contribution in [3.8, 4) is 0 Å². The Hall–Kier alpha value is -2.31. The second-order valence-electron chi connectivity index (χ2n) is 2.57. The van der Waals surface area contributed by atoms with Crippen LogP contribution in [0.3, 0.4) is 0 Å². The molecule has 0 unspecified atom stereocenters. The Morgan fingerprint density at radius 1 is 0.875 bits per heavy atom. The van der Waals surface area contributed by atoms with E-state index in [0.29, 0.717) is 0 Å². The monoisotopic (exact) mass is 228 g/mol. The molecule has 0 radical (unpaired) electrons. The average molecular weight is 228 g/mol. The van der Waals surface area contributed by atoms with Crippen LogP contribution in [0.4, 0.5) is 4.79 Å². The van der Waals surface area contributed by atoms with Crippen molar-refractivity contribution in [2.45, 2.75) is 0 Å². The van der Waals surface area contributed by atoms with Crippen molar-refractivity contribution in [1.82, 2.24) is 10.6 Å². The van der Waals surface area contributed by atoms with Crippen molar-refractivity contribution in [1.29, 1.82) is 0 Å². The maximum absolute atomic E-state index is 10.9. The molecule has 7 heteroatoms. The molecule has 0 aromatic rings. The molecular weight excluding hydrogens is 216 g/mol. The van der Waals surface area contributed by atoms with E-state index in [9.17, 15) is 14.4 Å². The smallest absolute Gasteiger partial charge is 0.328 e. The fourth-order valence-corrected chi connectivity index (χ4v) is 0.685. The molecule has 0 saturated heterocycles. The van der Waals surface area contributed by atoms with Gasteiger partial charge >= 0.3 is 18.0 Å². The van der Waals surface area contributed by atoms with Gasteiger partial charge in [0.15, 0.2) is 0 Å². The Morgan fingerprint density at radius 2 is 1.25 bits per heavy atom. The Kier molecular flexibility index (Phi) is 6.88. The minimum absolute atomic E-state index is 0.0841. The van der Waals surface area contributed by atoms with Crippen molar-refractivity contribution < 1.29 is 24.6 Å². The van der Waals surface area contributed by atoms with Crippen LogP contribution in [-0.4, -0.2) is 41.3 Å². The van der Waals surface area contributed by atoms with E-state index >= 15 is 0 Å². The highest BCUT2D eigenvalue weighted by Crippen LogP contribution is 1.74. The fraction of sp³-hybridized carbons (Fsp3) is 0.222. The molecule has 0 rings (SSSR count). The van der Waals surface area contributed by atoms with Crippen LogP contribution in [0.5, 0.6) is 0 Å². The molecule has 0 atom stereocenters. The molecule has 0 aliphatic rings. The zero-order chi connectivity index (χ0) is 12.4. The van der Waals surface area contributed by atoms with Gasteiger partial charge in [-0.1, -0.05) is 12.2 Å². The first-order chi connectivity index (χ1) is 7.52. The van der Waals surface area contributed by atoms with Crippen LogP contribution < -0.4 is 10.6 Å². The highest BCUT2D eigenvalue weighted by atomic mass is 16.4.